The van der Waals surface area contributed by atoms with E-state index in [2.05, 4.69) is 45.4 Å². The van der Waals surface area contributed by atoms with Crippen LogP contribution in [0.2, 0.25) is 0 Å². The number of anilines is 1. The third-order valence-electron chi connectivity index (χ3n) is 4.47. The number of hydrogen-bond donors (Lipinski definition) is 2. The van der Waals surface area contributed by atoms with E-state index in [0.717, 1.165) is 28.1 Å². The maximum Gasteiger partial charge on any atom is 0.158 e. The molecule has 0 unspecified atom stereocenters. The van der Waals surface area contributed by atoms with Crippen molar-refractivity contribution in [1.29, 1.82) is 0 Å². The third-order valence-corrected chi connectivity index (χ3v) is 5.59. The minimum absolute atomic E-state index is 0.768. The average Bonchev–Trinajstić information content (AvgIpc) is 3.09. The summed E-state index contributed by atoms with van der Waals surface area (Å²) in [5, 5.41) is 5.43. The molecular weight excluding hydrogens is 306 g/mol. The molecule has 0 aromatic carbocycles. The lowest BCUT2D eigenvalue weighted by Crippen LogP contribution is -1.99. The van der Waals surface area contributed by atoms with Gasteiger partial charge in [0.2, 0.25) is 0 Å². The van der Waals surface area contributed by atoms with Crippen LogP contribution < -0.4 is 5.43 Å². The first-order chi connectivity index (χ1) is 11.2. The van der Waals surface area contributed by atoms with Gasteiger partial charge < -0.3 is 4.98 Å². The minimum Gasteiger partial charge on any atom is -0.357 e. The van der Waals surface area contributed by atoms with E-state index < -0.39 is 0 Å². The Bertz CT molecular complexity index is 866. The number of thiophene rings is 1. The summed E-state index contributed by atoms with van der Waals surface area (Å²) in [6.45, 7) is 4.21. The van der Waals surface area contributed by atoms with E-state index in [0.29, 0.717) is 0 Å². The molecule has 0 saturated carbocycles. The molecule has 2 N–H and O–H groups in total. The predicted molar refractivity (Wildman–Crippen MR) is 95.5 cm³/mol. The van der Waals surface area contributed by atoms with Crippen LogP contribution in [-0.4, -0.2) is 21.2 Å². The van der Waals surface area contributed by atoms with Crippen LogP contribution >= 0.6 is 11.3 Å². The van der Waals surface area contributed by atoms with Crippen LogP contribution in [0.3, 0.4) is 0 Å². The Balaban J connectivity index is 1.58. The second kappa shape index (κ2) is 5.77. The Morgan fingerprint density at radius 2 is 2.13 bits per heavy atom. The maximum atomic E-state index is 4.36. The topological polar surface area (TPSA) is 66.0 Å². The van der Waals surface area contributed by atoms with Crippen LogP contribution in [0, 0.1) is 13.8 Å². The molecule has 1 aliphatic rings. The van der Waals surface area contributed by atoms with Crippen molar-refractivity contribution in [2.75, 3.05) is 5.43 Å². The van der Waals surface area contributed by atoms with Gasteiger partial charge in [0, 0.05) is 10.6 Å². The molecule has 23 heavy (non-hydrogen) atoms. The molecule has 0 aliphatic heterocycles. The van der Waals surface area contributed by atoms with Crippen LogP contribution in [0.5, 0.6) is 0 Å². The number of nitrogens with one attached hydrogen (secondary N) is 2. The van der Waals surface area contributed by atoms with E-state index in [-0.39, 0.29) is 0 Å². The summed E-state index contributed by atoms with van der Waals surface area (Å²) in [5.41, 5.74) is 8.15. The van der Waals surface area contributed by atoms with Gasteiger partial charge in [-0.15, -0.1) is 11.3 Å². The third kappa shape index (κ3) is 2.63. The van der Waals surface area contributed by atoms with E-state index in [1.807, 2.05) is 6.21 Å². The number of hydrazone groups is 1. The minimum atomic E-state index is 0.768. The fourth-order valence-corrected chi connectivity index (χ4v) is 4.13. The first-order valence-corrected chi connectivity index (χ1v) is 8.74. The summed E-state index contributed by atoms with van der Waals surface area (Å²) < 4.78 is 0. The van der Waals surface area contributed by atoms with E-state index in [4.69, 9.17) is 0 Å². The summed E-state index contributed by atoms with van der Waals surface area (Å²) in [6, 6.07) is 2.20. The van der Waals surface area contributed by atoms with Gasteiger partial charge in [0.15, 0.2) is 5.82 Å². The van der Waals surface area contributed by atoms with Gasteiger partial charge in [0.05, 0.1) is 17.3 Å². The Hall–Kier alpha value is -2.21. The van der Waals surface area contributed by atoms with Crippen molar-refractivity contribution in [2.45, 2.75) is 39.5 Å². The van der Waals surface area contributed by atoms with Crippen molar-refractivity contribution >= 4 is 33.6 Å². The van der Waals surface area contributed by atoms with Crippen molar-refractivity contribution in [3.05, 3.63) is 39.8 Å². The molecule has 0 bridgehead atoms. The summed E-state index contributed by atoms with van der Waals surface area (Å²) in [4.78, 5) is 14.4. The Morgan fingerprint density at radius 1 is 1.26 bits per heavy atom. The van der Waals surface area contributed by atoms with Gasteiger partial charge in [0.1, 0.15) is 11.2 Å². The Kier molecular flexibility index (Phi) is 3.61. The monoisotopic (exact) mass is 325 g/mol. The zero-order valence-electron chi connectivity index (χ0n) is 13.3. The highest BCUT2D eigenvalue weighted by Gasteiger charge is 2.12. The van der Waals surface area contributed by atoms with Crippen molar-refractivity contribution in [2.24, 2.45) is 5.10 Å². The standard InChI is InChI=1S/C17H19N5S/c1-10-11(2)23-17-15(10)16(18-9-19-17)22-20-8-13-7-12-5-3-4-6-14(12)21-13/h7-9,21H,3-6H2,1-2H3,(H,18,19,22)/b20-8+. The zero-order chi connectivity index (χ0) is 15.8. The molecule has 3 aromatic heterocycles. The van der Waals surface area contributed by atoms with Crippen LogP contribution in [-0.2, 0) is 12.8 Å². The molecule has 118 valence electrons. The molecule has 6 heteroatoms. The molecular formula is C17H19N5S. The fourth-order valence-electron chi connectivity index (χ4n) is 3.13. The molecule has 0 spiro atoms. The highest BCUT2D eigenvalue weighted by Crippen LogP contribution is 2.32. The lowest BCUT2D eigenvalue weighted by Gasteiger charge is -2.08. The normalized spacial score (nSPS) is 14.5. The van der Waals surface area contributed by atoms with E-state index in [1.54, 1.807) is 17.7 Å². The van der Waals surface area contributed by atoms with Crippen molar-refractivity contribution in [1.82, 2.24) is 15.0 Å². The Morgan fingerprint density at radius 3 is 3.00 bits per heavy atom. The zero-order valence-corrected chi connectivity index (χ0v) is 14.1. The highest BCUT2D eigenvalue weighted by molar-refractivity contribution is 7.18. The van der Waals surface area contributed by atoms with Gasteiger partial charge in [0.25, 0.3) is 0 Å². The second-order valence-corrected chi connectivity index (χ2v) is 7.19. The number of rotatable bonds is 3. The SMILES string of the molecule is Cc1sc2ncnc(N/N=C/c3cc4c([nH]3)CCCC4)c2c1C. The number of H-pyrrole nitrogens is 1. The van der Waals surface area contributed by atoms with Crippen LogP contribution in [0.25, 0.3) is 10.2 Å². The van der Waals surface area contributed by atoms with Gasteiger partial charge in [-0.1, -0.05) is 0 Å². The molecule has 3 aromatic rings. The van der Waals surface area contributed by atoms with Crippen LogP contribution in [0.15, 0.2) is 17.5 Å². The molecule has 4 rings (SSSR count). The molecule has 1 aliphatic carbocycles. The lowest BCUT2D eigenvalue weighted by atomic mass is 9.98. The average molecular weight is 325 g/mol. The summed E-state index contributed by atoms with van der Waals surface area (Å²) in [5.74, 6) is 0.768. The Labute approximate surface area is 138 Å². The smallest absolute Gasteiger partial charge is 0.158 e. The molecule has 0 fully saturated rings. The van der Waals surface area contributed by atoms with E-state index in [9.17, 15) is 0 Å². The van der Waals surface area contributed by atoms with Crippen LogP contribution in [0.1, 0.15) is 40.2 Å². The first-order valence-electron chi connectivity index (χ1n) is 7.93. The first kappa shape index (κ1) is 14.4. The summed E-state index contributed by atoms with van der Waals surface area (Å²) in [7, 11) is 0. The number of fused-ring (bicyclic) bond motifs is 2. The number of aryl methyl sites for hydroxylation is 4. The predicted octanol–water partition coefficient (Wildman–Crippen LogP) is 3.96. The molecule has 3 heterocycles. The summed E-state index contributed by atoms with van der Waals surface area (Å²) >= 11 is 1.69. The van der Waals surface area contributed by atoms with E-state index in [1.165, 1.54) is 41.0 Å². The number of aromatic amines is 1. The van der Waals surface area contributed by atoms with E-state index >= 15 is 0 Å². The molecule has 0 atom stereocenters. The van der Waals surface area contributed by atoms with Crippen molar-refractivity contribution in [3.8, 4) is 0 Å². The molecule has 5 nitrogen and oxygen atoms in total. The maximum absolute atomic E-state index is 4.36. The number of nitrogens with zero attached hydrogens (tertiary/aromatic N) is 3. The van der Waals surface area contributed by atoms with Crippen LogP contribution in [0.4, 0.5) is 5.82 Å². The lowest BCUT2D eigenvalue weighted by molar-refractivity contribution is 0.677. The van der Waals surface area contributed by atoms with Crippen molar-refractivity contribution < 1.29 is 0 Å². The number of aromatic nitrogens is 3. The molecule has 0 amide bonds. The number of hydrogen-bond acceptors (Lipinski definition) is 5. The quantitative estimate of drug-likeness (QED) is 0.566. The largest absolute Gasteiger partial charge is 0.357 e. The molecule has 0 radical (unpaired) electrons. The second-order valence-electron chi connectivity index (χ2n) is 5.99. The van der Waals surface area contributed by atoms with Gasteiger partial charge in [-0.25, -0.2) is 9.97 Å². The summed E-state index contributed by atoms with van der Waals surface area (Å²) in [6.07, 6.45) is 8.31. The van der Waals surface area contributed by atoms with Gasteiger partial charge in [-0.05, 0) is 56.7 Å². The van der Waals surface area contributed by atoms with Gasteiger partial charge >= 0.3 is 0 Å². The fraction of sp³-hybridized carbons (Fsp3) is 0.353. The molecule has 0 saturated heterocycles. The van der Waals surface area contributed by atoms with Gasteiger partial charge in [-0.2, -0.15) is 5.10 Å². The van der Waals surface area contributed by atoms with Gasteiger partial charge in [-0.3, -0.25) is 5.43 Å². The highest BCUT2D eigenvalue weighted by atomic mass is 32.1. The van der Waals surface area contributed by atoms with Crippen molar-refractivity contribution in [3.63, 3.8) is 0 Å².